The maximum Gasteiger partial charge on any atom is 0.0837 e. The van der Waals surface area contributed by atoms with Crippen LogP contribution in [0.15, 0.2) is 24.4 Å². The summed E-state index contributed by atoms with van der Waals surface area (Å²) in [6, 6.07) is 5.78. The van der Waals surface area contributed by atoms with Crippen molar-refractivity contribution in [3.63, 3.8) is 0 Å². The number of rotatable bonds is 6. The Morgan fingerprint density at radius 1 is 1.38 bits per heavy atom. The third kappa shape index (κ3) is 3.58. The second-order valence-corrected chi connectivity index (χ2v) is 5.66. The van der Waals surface area contributed by atoms with Gasteiger partial charge in [0, 0.05) is 12.1 Å². The van der Waals surface area contributed by atoms with Gasteiger partial charge in [-0.05, 0) is 37.2 Å². The molecule has 0 spiro atoms. The van der Waals surface area contributed by atoms with Crippen LogP contribution in [0.4, 0.5) is 0 Å². The second-order valence-electron chi connectivity index (χ2n) is 4.82. The average molecular weight is 328 g/mol. The lowest BCUT2D eigenvalue weighted by Gasteiger charge is -2.21. The standard InChI is InChI=1S/C15H19Cl2N3O/c1-10-4-5-11(16)8-12(10)14(18-2)15-13(17)9-19-20(15)6-7-21-3/h4-5,8-9,14,18H,6-7H2,1-3H3. The van der Waals surface area contributed by atoms with E-state index in [1.54, 1.807) is 13.3 Å². The number of nitrogens with one attached hydrogen (secondary N) is 1. The molecule has 4 nitrogen and oxygen atoms in total. The molecule has 0 saturated carbocycles. The number of aromatic nitrogens is 2. The number of methoxy groups -OCH3 is 1. The SMILES string of the molecule is CNC(c1cc(Cl)ccc1C)c1c(Cl)cnn1CCOC. The minimum atomic E-state index is -0.0736. The zero-order valence-corrected chi connectivity index (χ0v) is 13.9. The van der Waals surface area contributed by atoms with Crippen molar-refractivity contribution in [1.29, 1.82) is 0 Å². The minimum Gasteiger partial charge on any atom is -0.383 e. The monoisotopic (exact) mass is 327 g/mol. The zero-order chi connectivity index (χ0) is 15.4. The third-order valence-corrected chi connectivity index (χ3v) is 3.98. The summed E-state index contributed by atoms with van der Waals surface area (Å²) in [5.74, 6) is 0. The van der Waals surface area contributed by atoms with E-state index in [1.807, 2.05) is 29.9 Å². The maximum absolute atomic E-state index is 6.34. The summed E-state index contributed by atoms with van der Waals surface area (Å²) < 4.78 is 6.99. The lowest BCUT2D eigenvalue weighted by molar-refractivity contribution is 0.182. The van der Waals surface area contributed by atoms with Gasteiger partial charge < -0.3 is 10.1 Å². The van der Waals surface area contributed by atoms with Gasteiger partial charge in [-0.15, -0.1) is 0 Å². The van der Waals surface area contributed by atoms with E-state index in [2.05, 4.69) is 17.3 Å². The van der Waals surface area contributed by atoms with Crippen molar-refractivity contribution >= 4 is 23.2 Å². The molecule has 0 fully saturated rings. The number of aryl methyl sites for hydroxylation is 1. The van der Waals surface area contributed by atoms with Gasteiger partial charge in [0.25, 0.3) is 0 Å². The fourth-order valence-corrected chi connectivity index (χ4v) is 2.81. The van der Waals surface area contributed by atoms with Gasteiger partial charge >= 0.3 is 0 Å². The Morgan fingerprint density at radius 2 is 2.14 bits per heavy atom. The molecular weight excluding hydrogens is 309 g/mol. The van der Waals surface area contributed by atoms with Crippen LogP contribution < -0.4 is 5.32 Å². The molecule has 1 aromatic carbocycles. The Labute approximate surface area is 135 Å². The number of ether oxygens (including phenoxy) is 1. The molecule has 0 aliphatic carbocycles. The molecule has 0 aliphatic rings. The van der Waals surface area contributed by atoms with E-state index < -0.39 is 0 Å². The summed E-state index contributed by atoms with van der Waals surface area (Å²) in [5, 5.41) is 8.97. The molecule has 1 unspecified atom stereocenters. The molecular formula is C15H19Cl2N3O. The Balaban J connectivity index is 2.46. The topological polar surface area (TPSA) is 39.1 Å². The summed E-state index contributed by atoms with van der Waals surface area (Å²) in [5.41, 5.74) is 3.15. The highest BCUT2D eigenvalue weighted by Crippen LogP contribution is 2.31. The van der Waals surface area contributed by atoms with Crippen molar-refractivity contribution in [3.05, 3.63) is 51.3 Å². The van der Waals surface area contributed by atoms with E-state index >= 15 is 0 Å². The second kappa shape index (κ2) is 7.27. The molecule has 2 aromatic rings. The number of benzene rings is 1. The molecule has 6 heteroatoms. The van der Waals surface area contributed by atoms with E-state index in [-0.39, 0.29) is 6.04 Å². The van der Waals surface area contributed by atoms with Crippen molar-refractivity contribution in [3.8, 4) is 0 Å². The van der Waals surface area contributed by atoms with Crippen LogP contribution in [0, 0.1) is 6.92 Å². The molecule has 0 saturated heterocycles. The Hall–Kier alpha value is -1.07. The Bertz CT molecular complexity index is 613. The molecule has 1 atom stereocenters. The van der Waals surface area contributed by atoms with Crippen molar-refractivity contribution in [2.75, 3.05) is 20.8 Å². The molecule has 0 amide bonds. The first-order valence-corrected chi connectivity index (χ1v) is 7.47. The minimum absolute atomic E-state index is 0.0736. The lowest BCUT2D eigenvalue weighted by Crippen LogP contribution is -2.23. The first-order valence-electron chi connectivity index (χ1n) is 6.72. The van der Waals surface area contributed by atoms with Crippen LogP contribution in [0.5, 0.6) is 0 Å². The van der Waals surface area contributed by atoms with Crippen molar-refractivity contribution in [2.45, 2.75) is 19.5 Å². The average Bonchev–Trinajstić information content (AvgIpc) is 2.83. The van der Waals surface area contributed by atoms with Gasteiger partial charge in [0.15, 0.2) is 0 Å². The van der Waals surface area contributed by atoms with Crippen LogP contribution in [-0.2, 0) is 11.3 Å². The van der Waals surface area contributed by atoms with Gasteiger partial charge in [-0.1, -0.05) is 29.3 Å². The van der Waals surface area contributed by atoms with E-state index in [0.717, 1.165) is 16.8 Å². The molecule has 1 aromatic heterocycles. The Kier molecular flexibility index (Phi) is 5.65. The molecule has 114 valence electrons. The van der Waals surface area contributed by atoms with E-state index in [0.29, 0.717) is 23.2 Å². The summed E-state index contributed by atoms with van der Waals surface area (Å²) in [7, 11) is 3.57. The van der Waals surface area contributed by atoms with Crippen LogP contribution in [0.25, 0.3) is 0 Å². The fourth-order valence-electron chi connectivity index (χ4n) is 2.38. The first-order chi connectivity index (χ1) is 10.1. The number of hydrogen-bond donors (Lipinski definition) is 1. The highest BCUT2D eigenvalue weighted by molar-refractivity contribution is 6.31. The van der Waals surface area contributed by atoms with E-state index in [1.165, 1.54) is 0 Å². The van der Waals surface area contributed by atoms with Gasteiger partial charge in [0.2, 0.25) is 0 Å². The summed E-state index contributed by atoms with van der Waals surface area (Å²) >= 11 is 12.5. The summed E-state index contributed by atoms with van der Waals surface area (Å²) in [6.07, 6.45) is 1.66. The van der Waals surface area contributed by atoms with Gasteiger partial charge in [0.05, 0.1) is 36.1 Å². The van der Waals surface area contributed by atoms with Crippen LogP contribution in [0.2, 0.25) is 10.0 Å². The summed E-state index contributed by atoms with van der Waals surface area (Å²) in [4.78, 5) is 0. The van der Waals surface area contributed by atoms with E-state index in [4.69, 9.17) is 27.9 Å². The van der Waals surface area contributed by atoms with Crippen molar-refractivity contribution in [1.82, 2.24) is 15.1 Å². The van der Waals surface area contributed by atoms with Gasteiger partial charge in [-0.25, -0.2) is 0 Å². The molecule has 2 rings (SSSR count). The van der Waals surface area contributed by atoms with Gasteiger partial charge in [0.1, 0.15) is 0 Å². The predicted octanol–water partition coefficient (Wildman–Crippen LogP) is 3.45. The van der Waals surface area contributed by atoms with Crippen LogP contribution in [-0.4, -0.2) is 30.5 Å². The summed E-state index contributed by atoms with van der Waals surface area (Å²) in [6.45, 7) is 3.28. The van der Waals surface area contributed by atoms with Crippen LogP contribution in [0.3, 0.4) is 0 Å². The van der Waals surface area contributed by atoms with Gasteiger partial charge in [-0.2, -0.15) is 5.10 Å². The molecule has 1 heterocycles. The largest absolute Gasteiger partial charge is 0.383 e. The van der Waals surface area contributed by atoms with Crippen molar-refractivity contribution < 1.29 is 4.74 Å². The highest BCUT2D eigenvalue weighted by atomic mass is 35.5. The molecule has 21 heavy (non-hydrogen) atoms. The first kappa shape index (κ1) is 16.3. The fraction of sp³-hybridized carbons (Fsp3) is 0.400. The number of halogens is 2. The maximum atomic E-state index is 6.34. The molecule has 1 N–H and O–H groups in total. The van der Waals surface area contributed by atoms with E-state index in [9.17, 15) is 0 Å². The highest BCUT2D eigenvalue weighted by Gasteiger charge is 2.22. The van der Waals surface area contributed by atoms with Crippen LogP contribution >= 0.6 is 23.2 Å². The van der Waals surface area contributed by atoms with Gasteiger partial charge in [-0.3, -0.25) is 4.68 Å². The predicted molar refractivity (Wildman–Crippen MR) is 86.2 cm³/mol. The van der Waals surface area contributed by atoms with Crippen molar-refractivity contribution in [2.24, 2.45) is 0 Å². The lowest BCUT2D eigenvalue weighted by atomic mass is 9.98. The third-order valence-electron chi connectivity index (χ3n) is 3.45. The molecule has 0 radical (unpaired) electrons. The normalized spacial score (nSPS) is 12.6. The Morgan fingerprint density at radius 3 is 2.81 bits per heavy atom. The molecule has 0 bridgehead atoms. The zero-order valence-electron chi connectivity index (χ0n) is 12.4. The number of hydrogen-bond acceptors (Lipinski definition) is 3. The smallest absolute Gasteiger partial charge is 0.0837 e. The number of nitrogens with zero attached hydrogens (tertiary/aromatic N) is 2. The van der Waals surface area contributed by atoms with Crippen LogP contribution in [0.1, 0.15) is 22.9 Å². The molecule has 0 aliphatic heterocycles. The quantitative estimate of drug-likeness (QED) is 0.883.